The zero-order valence-corrected chi connectivity index (χ0v) is 14.2. The molecule has 1 aliphatic heterocycles. The van der Waals surface area contributed by atoms with E-state index in [1.165, 1.54) is 44.5 Å². The van der Waals surface area contributed by atoms with Gasteiger partial charge >= 0.3 is 0 Å². The highest BCUT2D eigenvalue weighted by Gasteiger charge is 2.14. The average molecular weight is 304 g/mol. The minimum absolute atomic E-state index is 0.349. The van der Waals surface area contributed by atoms with E-state index in [1.54, 1.807) is 12.1 Å². The summed E-state index contributed by atoms with van der Waals surface area (Å²) in [5.41, 5.74) is 1.30. The van der Waals surface area contributed by atoms with Crippen LogP contribution in [0.5, 0.6) is 5.75 Å². The number of hydrogen-bond donors (Lipinski definition) is 2. The predicted octanol–water partition coefficient (Wildman–Crippen LogP) is 3.42. The summed E-state index contributed by atoms with van der Waals surface area (Å²) in [7, 11) is 0. The molecule has 1 atom stereocenters. The minimum atomic E-state index is 0.349. The van der Waals surface area contributed by atoms with Crippen LogP contribution in [0.15, 0.2) is 24.3 Å². The molecule has 1 aromatic carbocycles. The van der Waals surface area contributed by atoms with Crippen molar-refractivity contribution in [2.45, 2.75) is 52.0 Å². The van der Waals surface area contributed by atoms with Gasteiger partial charge in [0.2, 0.25) is 0 Å². The first-order chi connectivity index (χ1) is 10.6. The zero-order chi connectivity index (χ0) is 15.8. The van der Waals surface area contributed by atoms with Gasteiger partial charge in [-0.25, -0.2) is 0 Å². The molecule has 2 rings (SSSR count). The monoisotopic (exact) mass is 304 g/mol. The van der Waals surface area contributed by atoms with E-state index in [1.807, 2.05) is 12.1 Å². The minimum Gasteiger partial charge on any atom is -0.508 e. The molecule has 1 saturated heterocycles. The Hall–Kier alpha value is -1.06. The van der Waals surface area contributed by atoms with Crippen molar-refractivity contribution in [3.8, 4) is 5.75 Å². The summed E-state index contributed by atoms with van der Waals surface area (Å²) < 4.78 is 0. The number of likely N-dealkylation sites (tertiary alicyclic amines) is 1. The number of benzene rings is 1. The van der Waals surface area contributed by atoms with Crippen LogP contribution in [-0.2, 0) is 6.42 Å². The van der Waals surface area contributed by atoms with Gasteiger partial charge in [0.05, 0.1) is 0 Å². The van der Waals surface area contributed by atoms with Crippen molar-refractivity contribution in [2.24, 2.45) is 5.92 Å². The normalized spacial score (nSPS) is 18.5. The van der Waals surface area contributed by atoms with Gasteiger partial charge in [0, 0.05) is 6.04 Å². The molecule has 1 aliphatic rings. The summed E-state index contributed by atoms with van der Waals surface area (Å²) >= 11 is 0. The van der Waals surface area contributed by atoms with Crippen LogP contribution in [0, 0.1) is 5.92 Å². The van der Waals surface area contributed by atoms with Crippen LogP contribution in [0.1, 0.15) is 45.1 Å². The second-order valence-electron chi connectivity index (χ2n) is 6.94. The lowest BCUT2D eigenvalue weighted by Gasteiger charge is -2.30. The van der Waals surface area contributed by atoms with Gasteiger partial charge in [-0.15, -0.1) is 0 Å². The number of aryl methyl sites for hydroxylation is 1. The molecule has 1 fully saturated rings. The SMILES string of the molecule is CC1CCN(CCCNC(C)CCc2ccc(O)cc2)CC1. The van der Waals surface area contributed by atoms with E-state index >= 15 is 0 Å². The van der Waals surface area contributed by atoms with Gasteiger partial charge in [0.1, 0.15) is 5.75 Å². The van der Waals surface area contributed by atoms with Crippen molar-refractivity contribution in [1.29, 1.82) is 0 Å². The second kappa shape index (κ2) is 9.16. The predicted molar refractivity (Wildman–Crippen MR) is 93.3 cm³/mol. The first-order valence-corrected chi connectivity index (χ1v) is 8.87. The maximum absolute atomic E-state index is 9.28. The van der Waals surface area contributed by atoms with Gasteiger partial charge in [-0.3, -0.25) is 0 Å². The van der Waals surface area contributed by atoms with Crippen LogP contribution in [0.4, 0.5) is 0 Å². The second-order valence-corrected chi connectivity index (χ2v) is 6.94. The first kappa shape index (κ1) is 17.3. The lowest BCUT2D eigenvalue weighted by Crippen LogP contribution is -2.35. The lowest BCUT2D eigenvalue weighted by atomic mass is 9.99. The van der Waals surface area contributed by atoms with E-state index in [2.05, 4.69) is 24.1 Å². The quantitative estimate of drug-likeness (QED) is 0.722. The highest BCUT2D eigenvalue weighted by Crippen LogP contribution is 2.16. The van der Waals surface area contributed by atoms with Gasteiger partial charge in [0.25, 0.3) is 0 Å². The lowest BCUT2D eigenvalue weighted by molar-refractivity contribution is 0.190. The van der Waals surface area contributed by atoms with Gasteiger partial charge in [-0.05, 0) is 88.8 Å². The third-order valence-electron chi connectivity index (χ3n) is 4.82. The van der Waals surface area contributed by atoms with Crippen LogP contribution >= 0.6 is 0 Å². The van der Waals surface area contributed by atoms with Crippen molar-refractivity contribution in [1.82, 2.24) is 10.2 Å². The molecule has 0 amide bonds. The standard InChI is InChI=1S/C19H32N2O/c1-16-10-14-21(15-11-16)13-3-12-20-17(2)4-5-18-6-8-19(22)9-7-18/h6-9,16-17,20,22H,3-5,10-15H2,1-2H3. The number of aromatic hydroxyl groups is 1. The topological polar surface area (TPSA) is 35.5 Å². The van der Waals surface area contributed by atoms with Gasteiger partial charge in [-0.2, -0.15) is 0 Å². The first-order valence-electron chi connectivity index (χ1n) is 8.87. The molecular weight excluding hydrogens is 272 g/mol. The van der Waals surface area contributed by atoms with E-state index in [0.29, 0.717) is 11.8 Å². The molecule has 2 N–H and O–H groups in total. The third kappa shape index (κ3) is 6.37. The molecule has 3 nitrogen and oxygen atoms in total. The average Bonchev–Trinajstić information content (AvgIpc) is 2.53. The van der Waals surface area contributed by atoms with Crippen molar-refractivity contribution in [3.05, 3.63) is 29.8 Å². The molecule has 0 spiro atoms. The summed E-state index contributed by atoms with van der Waals surface area (Å²) in [4.78, 5) is 2.61. The van der Waals surface area contributed by atoms with Crippen molar-refractivity contribution in [2.75, 3.05) is 26.2 Å². The molecule has 1 unspecified atom stereocenters. The Balaban J connectivity index is 1.52. The summed E-state index contributed by atoms with van der Waals surface area (Å²) in [5.74, 6) is 1.27. The van der Waals surface area contributed by atoms with E-state index < -0.39 is 0 Å². The fraction of sp³-hybridized carbons (Fsp3) is 0.684. The zero-order valence-electron chi connectivity index (χ0n) is 14.2. The van der Waals surface area contributed by atoms with Crippen LogP contribution in [0.3, 0.4) is 0 Å². The van der Waals surface area contributed by atoms with Crippen LogP contribution in [0.2, 0.25) is 0 Å². The van der Waals surface area contributed by atoms with E-state index in [4.69, 9.17) is 0 Å². The van der Waals surface area contributed by atoms with Gasteiger partial charge in [0.15, 0.2) is 0 Å². The maximum Gasteiger partial charge on any atom is 0.115 e. The molecular formula is C19H32N2O. The molecule has 22 heavy (non-hydrogen) atoms. The van der Waals surface area contributed by atoms with Crippen LogP contribution < -0.4 is 5.32 Å². The summed E-state index contributed by atoms with van der Waals surface area (Å²) in [6, 6.07) is 8.12. The Labute approximate surface area is 135 Å². The van der Waals surface area contributed by atoms with E-state index in [0.717, 1.165) is 25.3 Å². The van der Waals surface area contributed by atoms with Crippen LogP contribution in [0.25, 0.3) is 0 Å². The number of piperidine rings is 1. The number of nitrogens with one attached hydrogen (secondary N) is 1. The molecule has 0 bridgehead atoms. The molecule has 3 heteroatoms. The van der Waals surface area contributed by atoms with E-state index in [-0.39, 0.29) is 0 Å². The van der Waals surface area contributed by atoms with Gasteiger partial charge < -0.3 is 15.3 Å². The Kier molecular flexibility index (Phi) is 7.20. The maximum atomic E-state index is 9.28. The number of phenols is 1. The molecule has 1 heterocycles. The third-order valence-corrected chi connectivity index (χ3v) is 4.82. The van der Waals surface area contributed by atoms with Crippen molar-refractivity contribution in [3.63, 3.8) is 0 Å². The Morgan fingerprint density at radius 3 is 2.59 bits per heavy atom. The summed E-state index contributed by atoms with van der Waals surface area (Å²) in [6.07, 6.45) is 6.20. The van der Waals surface area contributed by atoms with Crippen molar-refractivity contribution < 1.29 is 5.11 Å². The molecule has 0 aliphatic carbocycles. The molecule has 124 valence electrons. The summed E-state index contributed by atoms with van der Waals surface area (Å²) in [6.45, 7) is 9.57. The smallest absolute Gasteiger partial charge is 0.115 e. The number of phenolic OH excluding ortho intramolecular Hbond substituents is 1. The Morgan fingerprint density at radius 2 is 1.91 bits per heavy atom. The molecule has 0 aromatic heterocycles. The largest absolute Gasteiger partial charge is 0.508 e. The fourth-order valence-corrected chi connectivity index (χ4v) is 3.08. The molecule has 1 aromatic rings. The fourth-order valence-electron chi connectivity index (χ4n) is 3.08. The Morgan fingerprint density at radius 1 is 1.23 bits per heavy atom. The van der Waals surface area contributed by atoms with Crippen molar-refractivity contribution >= 4 is 0 Å². The molecule has 0 radical (unpaired) electrons. The number of nitrogens with zero attached hydrogens (tertiary/aromatic N) is 1. The summed E-state index contributed by atoms with van der Waals surface area (Å²) in [5, 5.41) is 12.9. The Bertz CT molecular complexity index is 410. The number of rotatable bonds is 8. The van der Waals surface area contributed by atoms with Gasteiger partial charge in [-0.1, -0.05) is 19.1 Å². The van der Waals surface area contributed by atoms with E-state index in [9.17, 15) is 5.11 Å². The molecule has 0 saturated carbocycles. The van der Waals surface area contributed by atoms with Crippen LogP contribution in [-0.4, -0.2) is 42.2 Å². The highest BCUT2D eigenvalue weighted by atomic mass is 16.3. The number of hydrogen-bond acceptors (Lipinski definition) is 3. The highest BCUT2D eigenvalue weighted by molar-refractivity contribution is 5.25.